The van der Waals surface area contributed by atoms with E-state index in [1.807, 2.05) is 6.07 Å². The van der Waals surface area contributed by atoms with Crippen LogP contribution < -0.4 is 4.73 Å². The second kappa shape index (κ2) is 11.9. The normalized spacial score (nSPS) is 8.81. The summed E-state index contributed by atoms with van der Waals surface area (Å²) in [5, 5.41) is 26.9. The zero-order chi connectivity index (χ0) is 20.1. The fourth-order valence-corrected chi connectivity index (χ4v) is 1.12. The summed E-state index contributed by atoms with van der Waals surface area (Å²) in [7, 11) is 0. The van der Waals surface area contributed by atoms with Crippen LogP contribution in [0.5, 0.6) is 0 Å². The van der Waals surface area contributed by atoms with Gasteiger partial charge in [0.25, 0.3) is 6.43 Å². The molecule has 0 fully saturated rings. The van der Waals surface area contributed by atoms with E-state index in [1.54, 1.807) is 6.07 Å². The van der Waals surface area contributed by atoms with Crippen LogP contribution in [0.3, 0.4) is 0 Å². The second-order valence-corrected chi connectivity index (χ2v) is 3.96. The van der Waals surface area contributed by atoms with Gasteiger partial charge in [0.05, 0.1) is 23.3 Å². The highest BCUT2D eigenvalue weighted by atomic mass is 19.3. The van der Waals surface area contributed by atoms with Gasteiger partial charge in [-0.15, -0.1) is 0 Å². The number of aromatic nitrogens is 2. The largest absolute Gasteiger partial charge is 0.619 e. The van der Waals surface area contributed by atoms with Gasteiger partial charge in [0, 0.05) is 18.3 Å². The van der Waals surface area contributed by atoms with E-state index in [-0.39, 0.29) is 11.3 Å². The average molecular weight is 374 g/mol. The molecule has 0 bridgehead atoms. The van der Waals surface area contributed by atoms with Gasteiger partial charge in [-0.2, -0.15) is 32.8 Å². The molecule has 2 rings (SSSR count). The first-order chi connectivity index (χ1) is 12.2. The monoisotopic (exact) mass is 374 g/mol. The van der Waals surface area contributed by atoms with E-state index in [1.165, 1.54) is 36.8 Å². The molecule has 11 heteroatoms. The lowest BCUT2D eigenvalue weighted by Gasteiger charge is -1.96. The van der Waals surface area contributed by atoms with Crippen molar-refractivity contribution in [2.45, 2.75) is 6.43 Å². The fraction of sp³-hybridized carbons (Fsp3) is 0.0667. The molecule has 0 radical (unpaired) electrons. The molecule has 0 saturated heterocycles. The third-order valence-corrected chi connectivity index (χ3v) is 2.21. The summed E-state index contributed by atoms with van der Waals surface area (Å²) in [6.45, 7) is 0. The van der Waals surface area contributed by atoms with Crippen LogP contribution in [-0.2, 0) is 0 Å². The highest BCUT2D eigenvalue weighted by Gasteiger charge is 2.07. The molecule has 26 heavy (non-hydrogen) atoms. The maximum Gasteiger partial charge on any atom is 0.334 e. The molecule has 2 aromatic rings. The predicted molar refractivity (Wildman–Crippen MR) is 75.5 cm³/mol. The number of nitriles is 2. The Bertz CT molecular complexity index is 794. The molecule has 0 aliphatic carbocycles. The van der Waals surface area contributed by atoms with Crippen LogP contribution in [0.4, 0.5) is 26.3 Å². The van der Waals surface area contributed by atoms with E-state index in [2.05, 4.69) is 4.98 Å². The molecule has 0 N–H and O–H groups in total. The standard InChI is InChI=1S/C7H4F2N2.C6H4N2O.C2F4/c8-7(9)6-3-5(4-10)1-2-11-6;7-5-6-1-3-8(9)4-2-6;3-1(4)2(5)6/h1-3,7H;1-4H;. The Hall–Kier alpha value is -3.60. The summed E-state index contributed by atoms with van der Waals surface area (Å²) in [6, 6.07) is 9.04. The molecule has 0 aromatic carbocycles. The summed E-state index contributed by atoms with van der Waals surface area (Å²) in [5.41, 5.74) is 0.349. The third kappa shape index (κ3) is 9.52. The number of nitrogens with zero attached hydrogens (tertiary/aromatic N) is 4. The molecule has 0 spiro atoms. The smallest absolute Gasteiger partial charge is 0.334 e. The lowest BCUT2D eigenvalue weighted by molar-refractivity contribution is -0.605. The molecule has 136 valence electrons. The summed E-state index contributed by atoms with van der Waals surface area (Å²) in [5.74, 6) is 0. The number of rotatable bonds is 1. The van der Waals surface area contributed by atoms with E-state index in [0.29, 0.717) is 10.3 Å². The minimum Gasteiger partial charge on any atom is -0.619 e. The van der Waals surface area contributed by atoms with Crippen molar-refractivity contribution in [2.75, 3.05) is 0 Å². The lowest BCUT2D eigenvalue weighted by atomic mass is 10.2. The molecule has 0 unspecified atom stereocenters. The van der Waals surface area contributed by atoms with Crippen LogP contribution in [0.1, 0.15) is 23.2 Å². The maximum atomic E-state index is 11.9. The minimum absolute atomic E-state index is 0.204. The first kappa shape index (κ1) is 22.4. The zero-order valence-electron chi connectivity index (χ0n) is 12.6. The molecular weight excluding hydrogens is 366 g/mol. The fourth-order valence-electron chi connectivity index (χ4n) is 1.12. The van der Waals surface area contributed by atoms with Crippen LogP contribution >= 0.6 is 0 Å². The quantitative estimate of drug-likeness (QED) is 0.428. The third-order valence-electron chi connectivity index (χ3n) is 2.21. The van der Waals surface area contributed by atoms with Crippen molar-refractivity contribution in [3.05, 3.63) is 77.0 Å². The van der Waals surface area contributed by atoms with Gasteiger partial charge in [0.2, 0.25) is 0 Å². The van der Waals surface area contributed by atoms with Crippen molar-refractivity contribution >= 4 is 0 Å². The van der Waals surface area contributed by atoms with Crippen LogP contribution in [0.15, 0.2) is 55.0 Å². The molecule has 5 nitrogen and oxygen atoms in total. The van der Waals surface area contributed by atoms with Gasteiger partial charge in [-0.1, -0.05) is 0 Å². The molecule has 2 heterocycles. The molecule has 0 aliphatic rings. The highest BCUT2D eigenvalue weighted by molar-refractivity contribution is 5.28. The molecule has 0 aliphatic heterocycles. The van der Waals surface area contributed by atoms with Crippen molar-refractivity contribution < 1.29 is 31.1 Å². The van der Waals surface area contributed by atoms with Crippen molar-refractivity contribution in [3.63, 3.8) is 0 Å². The van der Waals surface area contributed by atoms with E-state index >= 15 is 0 Å². The van der Waals surface area contributed by atoms with Gasteiger partial charge in [-0.3, -0.25) is 4.98 Å². The van der Waals surface area contributed by atoms with E-state index in [9.17, 15) is 31.5 Å². The molecule has 0 amide bonds. The summed E-state index contributed by atoms with van der Waals surface area (Å²) >= 11 is 0. The summed E-state index contributed by atoms with van der Waals surface area (Å²) < 4.78 is 65.6. The van der Waals surface area contributed by atoms with Gasteiger partial charge in [0.1, 0.15) is 5.69 Å². The Labute approximate surface area is 143 Å². The Morgan fingerprint density at radius 1 is 0.962 bits per heavy atom. The lowest BCUT2D eigenvalue weighted by Crippen LogP contribution is -2.23. The van der Waals surface area contributed by atoms with Gasteiger partial charge >= 0.3 is 12.2 Å². The van der Waals surface area contributed by atoms with Gasteiger partial charge < -0.3 is 5.21 Å². The summed E-state index contributed by atoms with van der Waals surface area (Å²) in [6.07, 6.45) is -4.65. The number of alkyl halides is 2. The maximum absolute atomic E-state index is 11.9. The van der Waals surface area contributed by atoms with Crippen LogP contribution in [0, 0.1) is 27.9 Å². The number of halogens is 6. The van der Waals surface area contributed by atoms with Crippen LogP contribution in [0.2, 0.25) is 0 Å². The van der Waals surface area contributed by atoms with Gasteiger partial charge in [0.15, 0.2) is 12.4 Å². The topological polar surface area (TPSA) is 87.4 Å². The Kier molecular flexibility index (Phi) is 10.2. The highest BCUT2D eigenvalue weighted by Crippen LogP contribution is 2.16. The van der Waals surface area contributed by atoms with Crippen molar-refractivity contribution in [1.82, 2.24) is 4.98 Å². The molecule has 2 aromatic heterocycles. The van der Waals surface area contributed by atoms with E-state index in [0.717, 1.165) is 6.07 Å². The molecular formula is C15H8F6N4O. The van der Waals surface area contributed by atoms with E-state index in [4.69, 9.17) is 10.5 Å². The van der Waals surface area contributed by atoms with Crippen molar-refractivity contribution in [2.24, 2.45) is 0 Å². The SMILES string of the molecule is FC(F)=C(F)F.N#Cc1cc[n+]([O-])cc1.N#Cc1ccnc(C(F)F)c1. The molecule has 0 saturated carbocycles. The Morgan fingerprint density at radius 3 is 1.85 bits per heavy atom. The zero-order valence-corrected chi connectivity index (χ0v) is 12.6. The number of pyridine rings is 2. The average Bonchev–Trinajstić information content (AvgIpc) is 2.63. The Morgan fingerprint density at radius 2 is 1.46 bits per heavy atom. The molecule has 0 atom stereocenters. The number of hydrogen-bond donors (Lipinski definition) is 0. The second-order valence-electron chi connectivity index (χ2n) is 3.96. The first-order valence-corrected chi connectivity index (χ1v) is 6.30. The van der Waals surface area contributed by atoms with Crippen LogP contribution in [0.25, 0.3) is 0 Å². The minimum atomic E-state index is -2.91. The van der Waals surface area contributed by atoms with E-state index < -0.39 is 18.6 Å². The van der Waals surface area contributed by atoms with Crippen molar-refractivity contribution in [3.8, 4) is 12.1 Å². The Balaban J connectivity index is 0.000000378. The van der Waals surface area contributed by atoms with Crippen molar-refractivity contribution in [1.29, 1.82) is 10.5 Å². The van der Waals surface area contributed by atoms with Crippen LogP contribution in [-0.4, -0.2) is 4.98 Å². The number of hydrogen-bond acceptors (Lipinski definition) is 4. The first-order valence-electron chi connectivity index (χ1n) is 6.30. The van der Waals surface area contributed by atoms with Gasteiger partial charge in [-0.25, -0.2) is 8.78 Å². The summed E-state index contributed by atoms with van der Waals surface area (Å²) in [4.78, 5) is 3.39. The predicted octanol–water partition coefficient (Wildman–Crippen LogP) is 4.07. The van der Waals surface area contributed by atoms with Gasteiger partial charge in [-0.05, 0) is 12.1 Å².